The maximum Gasteiger partial charge on any atom is 0.242 e. The first kappa shape index (κ1) is 26.6. The molecule has 0 radical (unpaired) electrons. The number of piperidine rings is 1. The fourth-order valence-electron chi connectivity index (χ4n) is 5.44. The number of benzene rings is 1. The normalized spacial score (nSPS) is 19.5. The van der Waals surface area contributed by atoms with Gasteiger partial charge in [0, 0.05) is 19.5 Å². The Morgan fingerprint density at radius 2 is 1.60 bits per heavy atom. The van der Waals surface area contributed by atoms with E-state index in [-0.39, 0.29) is 30.7 Å². The summed E-state index contributed by atoms with van der Waals surface area (Å²) >= 11 is 0. The predicted molar refractivity (Wildman–Crippen MR) is 132 cm³/mol. The van der Waals surface area contributed by atoms with Crippen LogP contribution in [-0.2, 0) is 14.4 Å². The second-order valence-corrected chi connectivity index (χ2v) is 9.38. The maximum atomic E-state index is 14.2. The highest BCUT2D eigenvalue weighted by molar-refractivity contribution is 5.91. The van der Waals surface area contributed by atoms with Gasteiger partial charge in [0.1, 0.15) is 6.04 Å². The highest BCUT2D eigenvalue weighted by Gasteiger charge is 2.40. The minimum atomic E-state index is -0.558. The SMILES string of the molecule is COc1cc(C(C(=O)N2CCCCC2C(=O)NCCC(N)=O)C2CCCCC2)cc(OC)c1OC. The van der Waals surface area contributed by atoms with Crippen LogP contribution in [0, 0.1) is 5.92 Å². The Kier molecular flexibility index (Phi) is 9.63. The van der Waals surface area contributed by atoms with Gasteiger partial charge in [-0.15, -0.1) is 0 Å². The van der Waals surface area contributed by atoms with Crippen molar-refractivity contribution in [3.8, 4) is 17.2 Å². The molecule has 2 fully saturated rings. The molecule has 1 aliphatic heterocycles. The largest absolute Gasteiger partial charge is 0.493 e. The van der Waals surface area contributed by atoms with Crippen molar-refractivity contribution in [2.75, 3.05) is 34.4 Å². The zero-order valence-corrected chi connectivity index (χ0v) is 21.1. The van der Waals surface area contributed by atoms with E-state index in [4.69, 9.17) is 19.9 Å². The van der Waals surface area contributed by atoms with Gasteiger partial charge in [-0.3, -0.25) is 14.4 Å². The Balaban J connectivity index is 1.95. The zero-order chi connectivity index (χ0) is 25.4. The third kappa shape index (κ3) is 6.38. The van der Waals surface area contributed by atoms with E-state index in [1.54, 1.807) is 26.2 Å². The van der Waals surface area contributed by atoms with Crippen LogP contribution < -0.4 is 25.3 Å². The molecule has 9 nitrogen and oxygen atoms in total. The lowest BCUT2D eigenvalue weighted by Crippen LogP contribution is -2.54. The number of nitrogens with one attached hydrogen (secondary N) is 1. The van der Waals surface area contributed by atoms with E-state index in [9.17, 15) is 14.4 Å². The van der Waals surface area contributed by atoms with Gasteiger partial charge in [-0.25, -0.2) is 0 Å². The van der Waals surface area contributed by atoms with E-state index >= 15 is 0 Å². The molecule has 1 aliphatic carbocycles. The van der Waals surface area contributed by atoms with Crippen molar-refractivity contribution < 1.29 is 28.6 Å². The molecule has 1 aromatic rings. The third-order valence-corrected chi connectivity index (χ3v) is 7.19. The average Bonchev–Trinajstić information content (AvgIpc) is 2.88. The third-order valence-electron chi connectivity index (χ3n) is 7.19. The number of primary amides is 1. The van der Waals surface area contributed by atoms with Crippen LogP contribution in [0.1, 0.15) is 69.3 Å². The molecular weight excluding hydrogens is 450 g/mol. The van der Waals surface area contributed by atoms with Gasteiger partial charge in [-0.05, 0) is 55.7 Å². The van der Waals surface area contributed by atoms with Gasteiger partial charge >= 0.3 is 0 Å². The van der Waals surface area contributed by atoms with Gasteiger partial charge in [-0.1, -0.05) is 19.3 Å². The standard InChI is InChI=1S/C26H39N3O6/c1-33-20-15-18(16-21(34-2)24(20)35-3)23(17-9-5-4-6-10-17)26(32)29-14-8-7-11-19(29)25(31)28-13-12-22(27)30/h15-17,19,23H,4-14H2,1-3H3,(H2,27,30)(H,28,31). The maximum absolute atomic E-state index is 14.2. The van der Waals surface area contributed by atoms with Gasteiger partial charge in [0.05, 0.1) is 27.2 Å². The summed E-state index contributed by atoms with van der Waals surface area (Å²) in [5, 5.41) is 2.79. The zero-order valence-electron chi connectivity index (χ0n) is 21.1. The number of nitrogens with two attached hydrogens (primary N) is 1. The van der Waals surface area contributed by atoms with E-state index in [0.29, 0.717) is 30.2 Å². The number of methoxy groups -OCH3 is 3. The topological polar surface area (TPSA) is 120 Å². The lowest BCUT2D eigenvalue weighted by atomic mass is 9.75. The Morgan fingerprint density at radius 3 is 2.17 bits per heavy atom. The lowest BCUT2D eigenvalue weighted by molar-refractivity contribution is -0.144. The summed E-state index contributed by atoms with van der Waals surface area (Å²) in [5.41, 5.74) is 6.02. The van der Waals surface area contributed by atoms with Crippen molar-refractivity contribution in [3.05, 3.63) is 17.7 Å². The number of amides is 3. The summed E-state index contributed by atoms with van der Waals surface area (Å²) < 4.78 is 16.6. The van der Waals surface area contributed by atoms with E-state index < -0.39 is 17.9 Å². The van der Waals surface area contributed by atoms with Crippen molar-refractivity contribution in [1.29, 1.82) is 0 Å². The molecule has 0 spiro atoms. The second kappa shape index (κ2) is 12.7. The van der Waals surface area contributed by atoms with Crippen LogP contribution in [0.5, 0.6) is 17.2 Å². The summed E-state index contributed by atoms with van der Waals surface area (Å²) in [6, 6.07) is 3.17. The van der Waals surface area contributed by atoms with Crippen molar-refractivity contribution in [2.45, 2.75) is 69.7 Å². The number of hydrogen-bond donors (Lipinski definition) is 2. The molecule has 2 atom stereocenters. The Hall–Kier alpha value is -2.97. The molecular formula is C26H39N3O6. The number of carbonyl (C=O) groups is 3. The first-order valence-electron chi connectivity index (χ1n) is 12.6. The number of rotatable bonds is 10. The smallest absolute Gasteiger partial charge is 0.242 e. The monoisotopic (exact) mass is 489 g/mol. The van der Waals surface area contributed by atoms with Gasteiger partial charge in [0.2, 0.25) is 23.5 Å². The number of likely N-dealkylation sites (tertiary alicyclic amines) is 1. The van der Waals surface area contributed by atoms with E-state index in [1.807, 2.05) is 12.1 Å². The molecule has 35 heavy (non-hydrogen) atoms. The summed E-state index contributed by atoms with van der Waals surface area (Å²) in [4.78, 5) is 40.0. The molecule has 2 unspecified atom stereocenters. The van der Waals surface area contributed by atoms with Crippen molar-refractivity contribution in [3.63, 3.8) is 0 Å². The van der Waals surface area contributed by atoms with E-state index in [0.717, 1.165) is 44.1 Å². The minimum absolute atomic E-state index is 0.0408. The fourth-order valence-corrected chi connectivity index (χ4v) is 5.44. The molecule has 1 aromatic carbocycles. The molecule has 0 bridgehead atoms. The Morgan fingerprint density at radius 1 is 0.971 bits per heavy atom. The summed E-state index contributed by atoms with van der Waals surface area (Å²) in [6.45, 7) is 0.700. The molecule has 1 saturated heterocycles. The van der Waals surface area contributed by atoms with Crippen molar-refractivity contribution in [2.24, 2.45) is 11.7 Å². The predicted octanol–water partition coefficient (Wildman–Crippen LogP) is 2.75. The van der Waals surface area contributed by atoms with Crippen molar-refractivity contribution in [1.82, 2.24) is 10.2 Å². The number of nitrogens with zero attached hydrogens (tertiary/aromatic N) is 1. The average molecular weight is 490 g/mol. The van der Waals surface area contributed by atoms with Crippen LogP contribution in [0.25, 0.3) is 0 Å². The quantitative estimate of drug-likeness (QED) is 0.521. The summed E-state index contributed by atoms with van der Waals surface area (Å²) in [7, 11) is 4.68. The molecule has 1 heterocycles. The van der Waals surface area contributed by atoms with Crippen molar-refractivity contribution >= 4 is 17.7 Å². The van der Waals surface area contributed by atoms with Crippen LogP contribution in [0.4, 0.5) is 0 Å². The van der Waals surface area contributed by atoms with Crippen LogP contribution in [0.2, 0.25) is 0 Å². The molecule has 3 rings (SSSR count). The van der Waals surface area contributed by atoms with E-state index in [2.05, 4.69) is 5.32 Å². The Bertz CT molecular complexity index is 874. The van der Waals surface area contributed by atoms with Gasteiger partial charge in [0.15, 0.2) is 11.5 Å². The molecule has 0 aromatic heterocycles. The Labute approximate surface area is 207 Å². The summed E-state index contributed by atoms with van der Waals surface area (Å²) in [5.74, 6) is 0.514. The van der Waals surface area contributed by atoms with Crippen LogP contribution in [0.3, 0.4) is 0 Å². The second-order valence-electron chi connectivity index (χ2n) is 9.38. The lowest BCUT2D eigenvalue weighted by Gasteiger charge is -2.39. The molecule has 3 N–H and O–H groups in total. The molecule has 194 valence electrons. The van der Waals surface area contributed by atoms with Gasteiger partial charge in [-0.2, -0.15) is 0 Å². The highest BCUT2D eigenvalue weighted by atomic mass is 16.5. The minimum Gasteiger partial charge on any atom is -0.493 e. The first-order chi connectivity index (χ1) is 16.9. The number of carbonyl (C=O) groups excluding carboxylic acids is 3. The van der Waals surface area contributed by atoms with Gasteiger partial charge in [0.25, 0.3) is 0 Å². The fraction of sp³-hybridized carbons (Fsp3) is 0.654. The van der Waals surface area contributed by atoms with Crippen LogP contribution in [-0.4, -0.2) is 63.1 Å². The van der Waals surface area contributed by atoms with Gasteiger partial charge < -0.3 is 30.2 Å². The van der Waals surface area contributed by atoms with Crippen LogP contribution in [0.15, 0.2) is 12.1 Å². The van der Waals surface area contributed by atoms with E-state index in [1.165, 1.54) is 6.42 Å². The summed E-state index contributed by atoms with van der Waals surface area (Å²) in [6.07, 6.45) is 7.63. The number of hydrogen-bond acceptors (Lipinski definition) is 6. The molecule has 3 amide bonds. The highest BCUT2D eigenvalue weighted by Crippen LogP contribution is 2.45. The molecule has 9 heteroatoms. The number of ether oxygens (including phenoxy) is 3. The van der Waals surface area contributed by atoms with Crippen LogP contribution >= 0.6 is 0 Å². The first-order valence-corrected chi connectivity index (χ1v) is 12.6. The molecule has 1 saturated carbocycles. The molecule has 2 aliphatic rings.